The van der Waals surface area contributed by atoms with Crippen LogP contribution in [0, 0.1) is 19.7 Å². The Bertz CT molecular complexity index is 1240. The average molecular weight is 534 g/mol. The predicted molar refractivity (Wildman–Crippen MR) is 134 cm³/mol. The average Bonchev–Trinajstić information content (AvgIpc) is 3.31. The van der Waals surface area contributed by atoms with Crippen LogP contribution in [0.25, 0.3) is 5.57 Å². The van der Waals surface area contributed by atoms with Gasteiger partial charge < -0.3 is 20.5 Å². The van der Waals surface area contributed by atoms with Crippen molar-refractivity contribution in [2.75, 3.05) is 26.2 Å². The summed E-state index contributed by atoms with van der Waals surface area (Å²) in [6.07, 6.45) is -0.0533. The van der Waals surface area contributed by atoms with Gasteiger partial charge in [-0.1, -0.05) is 11.6 Å². The molecule has 4 heterocycles. The van der Waals surface area contributed by atoms with Gasteiger partial charge in [0.05, 0.1) is 41.7 Å². The minimum atomic E-state index is -1.00. The number of rotatable bonds is 6. The summed E-state index contributed by atoms with van der Waals surface area (Å²) in [5.41, 5.74) is 8.85. The Balaban J connectivity index is 1.34. The molecular formula is C26H30ClF2N5O3. The predicted octanol–water partition coefficient (Wildman–Crippen LogP) is 3.03. The Morgan fingerprint density at radius 3 is 2.62 bits per heavy atom. The fraction of sp³-hybridized carbons (Fsp3) is 0.500. The number of hydrogen-bond acceptors (Lipinski definition) is 7. The smallest absolute Gasteiger partial charge is 0.258 e. The zero-order valence-corrected chi connectivity index (χ0v) is 21.5. The number of carbonyl (C=O) groups excluding carboxylic acids is 1. The Hall–Kier alpha value is -2.82. The van der Waals surface area contributed by atoms with Gasteiger partial charge in [0.1, 0.15) is 23.8 Å². The first-order valence-electron chi connectivity index (χ1n) is 12.4. The SMILES string of the molecule is Cc1nc(C2=C(N)CN(C(=O)c3ccc(F)cc3OC3CC4CC(F)C(C3)N4CCO)C2)nc(C)c1Cl. The van der Waals surface area contributed by atoms with Gasteiger partial charge in [-0.25, -0.2) is 18.7 Å². The molecule has 1 amide bonds. The van der Waals surface area contributed by atoms with Gasteiger partial charge in [0.25, 0.3) is 5.91 Å². The summed E-state index contributed by atoms with van der Waals surface area (Å²) in [6, 6.07) is 3.40. The zero-order valence-electron chi connectivity index (χ0n) is 20.8. The van der Waals surface area contributed by atoms with Crippen molar-refractivity contribution in [3.63, 3.8) is 0 Å². The Morgan fingerprint density at radius 2 is 1.95 bits per heavy atom. The van der Waals surface area contributed by atoms with Crippen molar-refractivity contribution in [3.8, 4) is 5.75 Å². The van der Waals surface area contributed by atoms with Crippen molar-refractivity contribution < 1.29 is 23.4 Å². The van der Waals surface area contributed by atoms with E-state index in [9.17, 15) is 18.7 Å². The molecule has 8 nitrogen and oxygen atoms in total. The maximum absolute atomic E-state index is 14.6. The lowest BCUT2D eigenvalue weighted by Gasteiger charge is -2.38. The minimum absolute atomic E-state index is 0.0387. The highest BCUT2D eigenvalue weighted by molar-refractivity contribution is 6.31. The molecular weight excluding hydrogens is 504 g/mol. The van der Waals surface area contributed by atoms with Crippen LogP contribution in [0.4, 0.5) is 8.78 Å². The molecule has 1 aromatic heterocycles. The van der Waals surface area contributed by atoms with Crippen molar-refractivity contribution in [1.29, 1.82) is 0 Å². The molecule has 2 fully saturated rings. The first-order chi connectivity index (χ1) is 17.7. The van der Waals surface area contributed by atoms with Crippen LogP contribution in [0.3, 0.4) is 0 Å². The van der Waals surface area contributed by atoms with E-state index in [2.05, 4.69) is 9.97 Å². The van der Waals surface area contributed by atoms with Gasteiger partial charge in [0.15, 0.2) is 5.82 Å². The van der Waals surface area contributed by atoms with Gasteiger partial charge in [-0.3, -0.25) is 9.69 Å². The molecule has 37 heavy (non-hydrogen) atoms. The molecule has 198 valence electrons. The van der Waals surface area contributed by atoms with Crippen molar-refractivity contribution >= 4 is 23.1 Å². The fourth-order valence-electron chi connectivity index (χ4n) is 5.74. The highest BCUT2D eigenvalue weighted by Crippen LogP contribution is 2.39. The lowest BCUT2D eigenvalue weighted by Crippen LogP contribution is -2.48. The van der Waals surface area contributed by atoms with Gasteiger partial charge in [-0.05, 0) is 32.4 Å². The summed E-state index contributed by atoms with van der Waals surface area (Å²) < 4.78 is 35.0. The van der Waals surface area contributed by atoms with E-state index >= 15 is 0 Å². The van der Waals surface area contributed by atoms with E-state index in [0.717, 1.165) is 0 Å². The topological polar surface area (TPSA) is 105 Å². The molecule has 0 aliphatic carbocycles. The van der Waals surface area contributed by atoms with Crippen LogP contribution in [-0.4, -0.2) is 81.4 Å². The van der Waals surface area contributed by atoms with Crippen LogP contribution >= 0.6 is 11.6 Å². The fourth-order valence-corrected chi connectivity index (χ4v) is 5.82. The van der Waals surface area contributed by atoms with Gasteiger partial charge in [0.2, 0.25) is 0 Å². The number of aromatic nitrogens is 2. The van der Waals surface area contributed by atoms with Crippen molar-refractivity contribution in [1.82, 2.24) is 19.8 Å². The van der Waals surface area contributed by atoms with E-state index in [1.54, 1.807) is 18.7 Å². The van der Waals surface area contributed by atoms with Gasteiger partial charge in [0, 0.05) is 48.8 Å². The summed E-state index contributed by atoms with van der Waals surface area (Å²) in [7, 11) is 0. The third kappa shape index (κ3) is 4.89. The third-order valence-corrected chi connectivity index (χ3v) is 8.06. The molecule has 1 aromatic carbocycles. The standard InChI is InChI=1S/C26H30ClF2N5O3/c1-13-24(27)14(2)32-25(31-13)19-11-33(12-21(19)30)26(36)18-4-3-15(28)7-23(18)37-17-8-16-9-20(29)22(10-17)34(16)5-6-35/h3-4,7,16-17,20,22,35H,5-6,8-12,30H2,1-2H3. The summed E-state index contributed by atoms with van der Waals surface area (Å²) in [6.45, 7) is 4.29. The number of aliphatic hydroxyl groups is 1. The molecule has 0 radical (unpaired) electrons. The molecule has 4 unspecified atom stereocenters. The number of benzene rings is 1. The number of amides is 1. The Kier molecular flexibility index (Phi) is 7.08. The van der Waals surface area contributed by atoms with E-state index in [0.29, 0.717) is 59.3 Å². The molecule has 11 heteroatoms. The summed E-state index contributed by atoms with van der Waals surface area (Å²) in [4.78, 5) is 26.0. The second-order valence-corrected chi connectivity index (χ2v) is 10.4. The molecule has 5 rings (SSSR count). The Labute approximate surface area is 219 Å². The number of alkyl halides is 1. The van der Waals surface area contributed by atoms with E-state index < -0.39 is 12.0 Å². The number of halogens is 3. The maximum atomic E-state index is 14.6. The first-order valence-corrected chi connectivity index (χ1v) is 12.8. The van der Waals surface area contributed by atoms with Crippen LogP contribution in [0.2, 0.25) is 5.02 Å². The molecule has 2 aromatic rings. The molecule has 0 saturated carbocycles. The molecule has 3 aliphatic heterocycles. The van der Waals surface area contributed by atoms with E-state index in [1.165, 1.54) is 18.2 Å². The number of nitrogens with zero attached hydrogens (tertiary/aromatic N) is 4. The number of ether oxygens (including phenoxy) is 1. The molecule has 4 atom stereocenters. The number of aliphatic hydroxyl groups excluding tert-OH is 1. The summed E-state index contributed by atoms with van der Waals surface area (Å²) in [5, 5.41) is 9.83. The number of hydrogen-bond donors (Lipinski definition) is 2. The summed E-state index contributed by atoms with van der Waals surface area (Å²) >= 11 is 6.20. The number of carbonyl (C=O) groups is 1. The number of aryl methyl sites for hydroxylation is 2. The van der Waals surface area contributed by atoms with Gasteiger partial charge in [-0.2, -0.15) is 0 Å². The van der Waals surface area contributed by atoms with Gasteiger partial charge in [-0.15, -0.1) is 0 Å². The third-order valence-electron chi connectivity index (χ3n) is 7.51. The van der Waals surface area contributed by atoms with Gasteiger partial charge >= 0.3 is 0 Å². The molecule has 2 saturated heterocycles. The highest BCUT2D eigenvalue weighted by atomic mass is 35.5. The van der Waals surface area contributed by atoms with E-state index in [1.807, 2.05) is 4.90 Å². The molecule has 3 aliphatic rings. The van der Waals surface area contributed by atoms with Crippen LogP contribution in [0.1, 0.15) is 46.8 Å². The number of piperidine rings is 1. The van der Waals surface area contributed by atoms with E-state index in [4.69, 9.17) is 22.1 Å². The van der Waals surface area contributed by atoms with Crippen LogP contribution in [0.15, 0.2) is 23.9 Å². The number of nitrogens with two attached hydrogens (primary N) is 1. The maximum Gasteiger partial charge on any atom is 0.258 e. The monoisotopic (exact) mass is 533 g/mol. The second kappa shape index (κ2) is 10.2. The van der Waals surface area contributed by atoms with Crippen LogP contribution < -0.4 is 10.5 Å². The zero-order chi connectivity index (χ0) is 26.4. The summed E-state index contributed by atoms with van der Waals surface area (Å²) in [5.74, 6) is -0.342. The van der Waals surface area contributed by atoms with E-state index in [-0.39, 0.29) is 55.1 Å². The van der Waals surface area contributed by atoms with Crippen molar-refractivity contribution in [2.24, 2.45) is 5.73 Å². The van der Waals surface area contributed by atoms with Crippen LogP contribution in [0.5, 0.6) is 5.75 Å². The second-order valence-electron chi connectivity index (χ2n) is 9.98. The highest BCUT2D eigenvalue weighted by Gasteiger charge is 2.47. The largest absolute Gasteiger partial charge is 0.489 e. The molecule has 3 N–H and O–H groups in total. The quantitative estimate of drug-likeness (QED) is 0.588. The lowest BCUT2D eigenvalue weighted by atomic mass is 9.99. The Morgan fingerprint density at radius 1 is 1.22 bits per heavy atom. The van der Waals surface area contributed by atoms with Crippen molar-refractivity contribution in [3.05, 3.63) is 57.5 Å². The van der Waals surface area contributed by atoms with Crippen molar-refractivity contribution in [2.45, 2.75) is 57.5 Å². The molecule has 2 bridgehead atoms. The molecule has 0 spiro atoms. The lowest BCUT2D eigenvalue weighted by molar-refractivity contribution is 0.0285. The first kappa shape index (κ1) is 25.8. The van der Waals surface area contributed by atoms with Crippen LogP contribution in [-0.2, 0) is 0 Å². The minimum Gasteiger partial charge on any atom is -0.489 e. The number of fused-ring (bicyclic) bond motifs is 2. The normalized spacial score (nSPS) is 25.7.